The first-order valence-corrected chi connectivity index (χ1v) is 9.71. The van der Waals surface area contributed by atoms with Gasteiger partial charge in [-0.3, -0.25) is 9.78 Å². The number of rotatable bonds is 5. The second kappa shape index (κ2) is 8.75. The van der Waals surface area contributed by atoms with Crippen LogP contribution in [-0.4, -0.2) is 53.9 Å². The number of benzene rings is 2. The van der Waals surface area contributed by atoms with Gasteiger partial charge >= 0.3 is 0 Å². The van der Waals surface area contributed by atoms with Gasteiger partial charge < -0.3 is 19.9 Å². The van der Waals surface area contributed by atoms with Gasteiger partial charge in [-0.1, -0.05) is 18.2 Å². The molecule has 1 aromatic heterocycles. The average Bonchev–Trinajstić information content (AvgIpc) is 2.76. The summed E-state index contributed by atoms with van der Waals surface area (Å²) in [6.45, 7) is 3.25. The molecular formula is C23H24N4O2. The van der Waals surface area contributed by atoms with Gasteiger partial charge in [0.15, 0.2) is 0 Å². The third kappa shape index (κ3) is 4.92. The fraction of sp³-hybridized carbons (Fsp3) is 0.217. The molecule has 1 amide bonds. The summed E-state index contributed by atoms with van der Waals surface area (Å²) < 4.78 is 5.82. The summed E-state index contributed by atoms with van der Waals surface area (Å²) in [4.78, 5) is 21.1. The molecule has 0 unspecified atom stereocenters. The SMILES string of the molecule is CN1CCN(C(=O)c2cc(Nc3ccc(Oc4ccccc4)cc3)ccn2)CC1. The van der Waals surface area contributed by atoms with Gasteiger partial charge in [0.1, 0.15) is 17.2 Å². The lowest BCUT2D eigenvalue weighted by Crippen LogP contribution is -2.47. The first kappa shape index (κ1) is 19.0. The van der Waals surface area contributed by atoms with E-state index in [4.69, 9.17) is 4.74 Å². The molecule has 29 heavy (non-hydrogen) atoms. The van der Waals surface area contributed by atoms with E-state index in [0.29, 0.717) is 5.69 Å². The maximum Gasteiger partial charge on any atom is 0.272 e. The van der Waals surface area contributed by atoms with Crippen molar-refractivity contribution in [2.75, 3.05) is 38.5 Å². The third-order valence-electron chi connectivity index (χ3n) is 4.89. The van der Waals surface area contributed by atoms with Crippen molar-refractivity contribution in [3.8, 4) is 11.5 Å². The van der Waals surface area contributed by atoms with Gasteiger partial charge in [0.2, 0.25) is 0 Å². The number of pyridine rings is 1. The van der Waals surface area contributed by atoms with E-state index in [2.05, 4.69) is 22.2 Å². The minimum atomic E-state index is -0.0200. The number of nitrogens with one attached hydrogen (secondary N) is 1. The first-order valence-electron chi connectivity index (χ1n) is 9.71. The van der Waals surface area contributed by atoms with Crippen molar-refractivity contribution in [3.05, 3.63) is 78.6 Å². The lowest BCUT2D eigenvalue weighted by atomic mass is 10.2. The molecular weight excluding hydrogens is 364 g/mol. The molecule has 0 radical (unpaired) electrons. The van der Waals surface area contributed by atoms with E-state index >= 15 is 0 Å². The molecule has 2 heterocycles. The van der Waals surface area contributed by atoms with E-state index < -0.39 is 0 Å². The largest absolute Gasteiger partial charge is 0.457 e. The minimum Gasteiger partial charge on any atom is -0.457 e. The van der Waals surface area contributed by atoms with Crippen LogP contribution in [0.3, 0.4) is 0 Å². The van der Waals surface area contributed by atoms with Crippen LogP contribution in [0.4, 0.5) is 11.4 Å². The third-order valence-corrected chi connectivity index (χ3v) is 4.89. The van der Waals surface area contributed by atoms with Gasteiger partial charge in [0, 0.05) is 43.8 Å². The lowest BCUT2D eigenvalue weighted by molar-refractivity contribution is 0.0658. The highest BCUT2D eigenvalue weighted by Gasteiger charge is 2.21. The van der Waals surface area contributed by atoms with Gasteiger partial charge in [-0.15, -0.1) is 0 Å². The molecule has 0 saturated carbocycles. The normalized spacial score (nSPS) is 14.4. The van der Waals surface area contributed by atoms with Crippen molar-refractivity contribution < 1.29 is 9.53 Å². The van der Waals surface area contributed by atoms with Crippen LogP contribution in [0, 0.1) is 0 Å². The van der Waals surface area contributed by atoms with Crippen LogP contribution in [0.25, 0.3) is 0 Å². The van der Waals surface area contributed by atoms with Crippen LogP contribution >= 0.6 is 0 Å². The molecule has 2 aromatic carbocycles. The van der Waals surface area contributed by atoms with Gasteiger partial charge in [0.05, 0.1) is 0 Å². The maximum atomic E-state index is 12.7. The number of ether oxygens (including phenoxy) is 1. The number of nitrogens with zero attached hydrogens (tertiary/aromatic N) is 3. The molecule has 0 atom stereocenters. The molecule has 1 aliphatic rings. The molecule has 1 saturated heterocycles. The molecule has 0 spiro atoms. The summed E-state index contributed by atoms with van der Waals surface area (Å²) in [6, 6.07) is 21.0. The molecule has 0 aliphatic carbocycles. The number of anilines is 2. The molecule has 148 valence electrons. The van der Waals surface area contributed by atoms with E-state index in [1.165, 1.54) is 0 Å². The number of para-hydroxylation sites is 1. The molecule has 1 aliphatic heterocycles. The lowest BCUT2D eigenvalue weighted by Gasteiger charge is -2.32. The number of carbonyl (C=O) groups is 1. The second-order valence-electron chi connectivity index (χ2n) is 7.09. The Kier molecular flexibility index (Phi) is 5.72. The number of piperazine rings is 1. The molecule has 1 N–H and O–H groups in total. The highest BCUT2D eigenvalue weighted by atomic mass is 16.5. The van der Waals surface area contributed by atoms with Gasteiger partial charge in [0.25, 0.3) is 5.91 Å². The molecule has 6 heteroatoms. The number of hydrogen-bond donors (Lipinski definition) is 1. The average molecular weight is 388 g/mol. The highest BCUT2D eigenvalue weighted by Crippen LogP contribution is 2.24. The topological polar surface area (TPSA) is 57.7 Å². The zero-order chi connectivity index (χ0) is 20.1. The molecule has 1 fully saturated rings. The molecule has 0 bridgehead atoms. The zero-order valence-electron chi connectivity index (χ0n) is 16.4. The summed E-state index contributed by atoms with van der Waals surface area (Å²) in [5.74, 6) is 1.55. The minimum absolute atomic E-state index is 0.0200. The predicted octanol–water partition coefficient (Wildman–Crippen LogP) is 4.01. The van der Waals surface area contributed by atoms with Crippen LogP contribution < -0.4 is 10.1 Å². The van der Waals surface area contributed by atoms with Crippen molar-refractivity contribution in [3.63, 3.8) is 0 Å². The summed E-state index contributed by atoms with van der Waals surface area (Å²) >= 11 is 0. The Morgan fingerprint density at radius 2 is 1.59 bits per heavy atom. The van der Waals surface area contributed by atoms with Crippen molar-refractivity contribution in [1.82, 2.24) is 14.8 Å². The summed E-state index contributed by atoms with van der Waals surface area (Å²) in [5, 5.41) is 3.33. The standard InChI is InChI=1S/C23H24N4O2/c1-26-13-15-27(16-14-26)23(28)22-17-19(11-12-24-22)25-18-7-9-21(10-8-18)29-20-5-3-2-4-6-20/h2-12,17H,13-16H2,1H3,(H,24,25). The molecule has 4 rings (SSSR count). The number of aromatic nitrogens is 1. The monoisotopic (exact) mass is 388 g/mol. The number of amides is 1. The van der Waals surface area contributed by atoms with Crippen LogP contribution in [0.2, 0.25) is 0 Å². The summed E-state index contributed by atoms with van der Waals surface area (Å²) in [5.41, 5.74) is 2.20. The number of carbonyl (C=O) groups excluding carboxylic acids is 1. The zero-order valence-corrected chi connectivity index (χ0v) is 16.4. The molecule has 3 aromatic rings. The maximum absolute atomic E-state index is 12.7. The quantitative estimate of drug-likeness (QED) is 0.716. The fourth-order valence-corrected chi connectivity index (χ4v) is 3.19. The van der Waals surface area contributed by atoms with Crippen molar-refractivity contribution >= 4 is 17.3 Å². The molecule has 6 nitrogen and oxygen atoms in total. The Hall–Kier alpha value is -3.38. The number of likely N-dealkylation sites (N-methyl/N-ethyl adjacent to an activating group) is 1. The van der Waals surface area contributed by atoms with Crippen molar-refractivity contribution in [1.29, 1.82) is 0 Å². The van der Waals surface area contributed by atoms with E-state index in [1.54, 1.807) is 12.3 Å². The van der Waals surface area contributed by atoms with Crippen LogP contribution in [0.15, 0.2) is 72.9 Å². The predicted molar refractivity (Wildman–Crippen MR) is 114 cm³/mol. The van der Waals surface area contributed by atoms with Gasteiger partial charge in [-0.05, 0) is 55.6 Å². The number of hydrogen-bond acceptors (Lipinski definition) is 5. The van der Waals surface area contributed by atoms with E-state index in [1.807, 2.05) is 65.6 Å². The van der Waals surface area contributed by atoms with Crippen LogP contribution in [-0.2, 0) is 0 Å². The van der Waals surface area contributed by atoms with Crippen molar-refractivity contribution in [2.24, 2.45) is 0 Å². The summed E-state index contributed by atoms with van der Waals surface area (Å²) in [7, 11) is 2.07. The fourth-order valence-electron chi connectivity index (χ4n) is 3.19. The Labute approximate surface area is 170 Å². The van der Waals surface area contributed by atoms with E-state index in [0.717, 1.165) is 49.1 Å². The van der Waals surface area contributed by atoms with Gasteiger partial charge in [-0.25, -0.2) is 0 Å². The van der Waals surface area contributed by atoms with Gasteiger partial charge in [-0.2, -0.15) is 0 Å². The van der Waals surface area contributed by atoms with E-state index in [-0.39, 0.29) is 5.91 Å². The summed E-state index contributed by atoms with van der Waals surface area (Å²) in [6.07, 6.45) is 1.67. The Morgan fingerprint density at radius 3 is 2.31 bits per heavy atom. The Morgan fingerprint density at radius 1 is 0.897 bits per heavy atom. The Bertz CT molecular complexity index is 952. The van der Waals surface area contributed by atoms with Crippen molar-refractivity contribution in [2.45, 2.75) is 0 Å². The van der Waals surface area contributed by atoms with E-state index in [9.17, 15) is 4.79 Å². The van der Waals surface area contributed by atoms with Crippen LogP contribution in [0.1, 0.15) is 10.5 Å². The second-order valence-corrected chi connectivity index (χ2v) is 7.09. The highest BCUT2D eigenvalue weighted by molar-refractivity contribution is 5.93. The first-order chi connectivity index (χ1) is 14.2. The smallest absolute Gasteiger partial charge is 0.272 e. The van der Waals surface area contributed by atoms with Crippen LogP contribution in [0.5, 0.6) is 11.5 Å². The Balaban J connectivity index is 1.40.